The van der Waals surface area contributed by atoms with E-state index in [2.05, 4.69) is 23.8 Å². The maximum Gasteiger partial charge on any atom is 0.340 e. The molecule has 4 nitrogen and oxygen atoms in total. The Morgan fingerprint density at radius 1 is 1.47 bits per heavy atom. The van der Waals surface area contributed by atoms with E-state index in [1.807, 2.05) is 0 Å². The summed E-state index contributed by atoms with van der Waals surface area (Å²) in [4.78, 5) is 20.3. The number of carboxylic acid groups (broad SMARTS) is 1. The van der Waals surface area contributed by atoms with E-state index in [-0.39, 0.29) is 5.56 Å². The van der Waals surface area contributed by atoms with E-state index < -0.39 is 5.97 Å². The maximum absolute atomic E-state index is 11.4. The SMILES string of the molecule is CCCC(C)Sc1nc(C2CC2)nc(C)c1C(=O)O. The van der Waals surface area contributed by atoms with Crippen molar-refractivity contribution in [2.24, 2.45) is 0 Å². The van der Waals surface area contributed by atoms with Gasteiger partial charge in [-0.1, -0.05) is 20.3 Å². The fourth-order valence-electron chi connectivity index (χ4n) is 2.08. The first-order valence-corrected chi connectivity index (χ1v) is 7.69. The van der Waals surface area contributed by atoms with E-state index in [0.717, 1.165) is 31.5 Å². The van der Waals surface area contributed by atoms with E-state index in [1.165, 1.54) is 0 Å². The van der Waals surface area contributed by atoms with Crippen molar-refractivity contribution in [1.29, 1.82) is 0 Å². The Balaban J connectivity index is 2.33. The lowest BCUT2D eigenvalue weighted by molar-refractivity contribution is 0.0690. The largest absolute Gasteiger partial charge is 0.478 e. The molecular weight excluding hydrogens is 260 g/mol. The van der Waals surface area contributed by atoms with Gasteiger partial charge in [0.15, 0.2) is 0 Å². The minimum absolute atomic E-state index is 0.275. The van der Waals surface area contributed by atoms with Crippen molar-refractivity contribution in [3.8, 4) is 0 Å². The van der Waals surface area contributed by atoms with Crippen molar-refractivity contribution in [3.63, 3.8) is 0 Å². The molecular formula is C14H20N2O2S. The third-order valence-electron chi connectivity index (χ3n) is 3.24. The summed E-state index contributed by atoms with van der Waals surface area (Å²) in [5.41, 5.74) is 0.868. The highest BCUT2D eigenvalue weighted by Gasteiger charge is 2.29. The number of rotatable bonds is 6. The fraction of sp³-hybridized carbons (Fsp3) is 0.643. The Bertz CT molecular complexity index is 487. The molecule has 104 valence electrons. The van der Waals surface area contributed by atoms with E-state index in [9.17, 15) is 9.90 Å². The quantitative estimate of drug-likeness (QED) is 0.636. The van der Waals surface area contributed by atoms with Crippen LogP contribution in [0.3, 0.4) is 0 Å². The zero-order valence-corrected chi connectivity index (χ0v) is 12.5. The summed E-state index contributed by atoms with van der Waals surface area (Å²) in [6, 6.07) is 0. The molecule has 0 amide bonds. The van der Waals surface area contributed by atoms with Crippen LogP contribution in [-0.2, 0) is 0 Å². The molecule has 1 aliphatic rings. The summed E-state index contributed by atoms with van der Waals surface area (Å²) in [6.07, 6.45) is 4.41. The Labute approximate surface area is 118 Å². The van der Waals surface area contributed by atoms with Gasteiger partial charge in [-0.15, -0.1) is 11.8 Å². The van der Waals surface area contributed by atoms with E-state index in [1.54, 1.807) is 18.7 Å². The van der Waals surface area contributed by atoms with E-state index in [4.69, 9.17) is 0 Å². The minimum Gasteiger partial charge on any atom is -0.478 e. The lowest BCUT2D eigenvalue weighted by Crippen LogP contribution is -2.10. The molecule has 2 rings (SSSR count). The number of aryl methyl sites for hydroxylation is 1. The second-order valence-electron chi connectivity index (χ2n) is 5.14. The van der Waals surface area contributed by atoms with E-state index in [0.29, 0.717) is 21.9 Å². The van der Waals surface area contributed by atoms with Crippen molar-refractivity contribution in [2.75, 3.05) is 0 Å². The molecule has 0 aliphatic heterocycles. The minimum atomic E-state index is -0.925. The van der Waals surface area contributed by atoms with Crippen LogP contribution in [0.25, 0.3) is 0 Å². The average molecular weight is 280 g/mol. The van der Waals surface area contributed by atoms with Gasteiger partial charge in [-0.2, -0.15) is 0 Å². The lowest BCUT2D eigenvalue weighted by atomic mass is 10.2. The van der Waals surface area contributed by atoms with Crippen molar-refractivity contribution >= 4 is 17.7 Å². The second-order valence-corrected chi connectivity index (χ2v) is 6.57. The van der Waals surface area contributed by atoms with Gasteiger partial charge < -0.3 is 5.11 Å². The predicted octanol–water partition coefficient (Wildman–Crippen LogP) is 3.64. The smallest absolute Gasteiger partial charge is 0.340 e. The molecule has 1 fully saturated rings. The average Bonchev–Trinajstić information content (AvgIpc) is 3.11. The number of carbonyl (C=O) groups is 1. The van der Waals surface area contributed by atoms with Crippen LogP contribution in [0.1, 0.15) is 67.3 Å². The monoisotopic (exact) mass is 280 g/mol. The Morgan fingerprint density at radius 2 is 2.16 bits per heavy atom. The molecule has 5 heteroatoms. The Morgan fingerprint density at radius 3 is 2.68 bits per heavy atom. The highest BCUT2D eigenvalue weighted by molar-refractivity contribution is 7.99. The third kappa shape index (κ3) is 3.47. The molecule has 0 radical (unpaired) electrons. The van der Waals surface area contributed by atoms with Gasteiger partial charge in [-0.25, -0.2) is 14.8 Å². The number of nitrogens with zero attached hydrogens (tertiary/aromatic N) is 2. The van der Waals surface area contributed by atoms with Gasteiger partial charge in [0, 0.05) is 11.2 Å². The van der Waals surface area contributed by atoms with Crippen LogP contribution in [0.5, 0.6) is 0 Å². The van der Waals surface area contributed by atoms with Crippen LogP contribution in [0.15, 0.2) is 5.03 Å². The summed E-state index contributed by atoms with van der Waals surface area (Å²) < 4.78 is 0. The van der Waals surface area contributed by atoms with Crippen LogP contribution in [-0.4, -0.2) is 26.3 Å². The molecule has 19 heavy (non-hydrogen) atoms. The summed E-state index contributed by atoms with van der Waals surface area (Å²) in [7, 11) is 0. The molecule has 1 atom stereocenters. The highest BCUT2D eigenvalue weighted by atomic mass is 32.2. The summed E-state index contributed by atoms with van der Waals surface area (Å²) >= 11 is 1.56. The number of hydrogen-bond donors (Lipinski definition) is 1. The molecule has 1 aromatic heterocycles. The molecule has 1 unspecified atom stereocenters. The zero-order valence-electron chi connectivity index (χ0n) is 11.6. The third-order valence-corrected chi connectivity index (χ3v) is 4.40. The van der Waals surface area contributed by atoms with Crippen molar-refractivity contribution in [2.45, 2.75) is 62.6 Å². The zero-order chi connectivity index (χ0) is 14.0. The normalized spacial score (nSPS) is 16.4. The molecule has 0 aromatic carbocycles. The standard InChI is InChI=1S/C14H20N2O2S/c1-4-5-8(2)19-13-11(14(17)18)9(3)15-12(16-13)10-6-7-10/h8,10H,4-7H2,1-3H3,(H,17,18). The Kier molecular flexibility index (Phi) is 4.45. The van der Waals surface area contributed by atoms with Crippen molar-refractivity contribution in [1.82, 2.24) is 9.97 Å². The van der Waals surface area contributed by atoms with Crippen LogP contribution in [0.4, 0.5) is 0 Å². The topological polar surface area (TPSA) is 63.1 Å². The molecule has 1 aromatic rings. The van der Waals surface area contributed by atoms with Crippen LogP contribution >= 0.6 is 11.8 Å². The van der Waals surface area contributed by atoms with Gasteiger partial charge in [0.1, 0.15) is 16.4 Å². The summed E-state index contributed by atoms with van der Waals surface area (Å²) in [5, 5.41) is 10.4. The highest BCUT2D eigenvalue weighted by Crippen LogP contribution is 2.40. The molecule has 1 aliphatic carbocycles. The van der Waals surface area contributed by atoms with E-state index >= 15 is 0 Å². The number of aromatic carboxylic acids is 1. The van der Waals surface area contributed by atoms with Crippen LogP contribution in [0, 0.1) is 6.92 Å². The summed E-state index contributed by atoms with van der Waals surface area (Å²) in [6.45, 7) is 6.02. The van der Waals surface area contributed by atoms with Crippen molar-refractivity contribution in [3.05, 3.63) is 17.1 Å². The molecule has 0 spiro atoms. The Hall–Kier alpha value is -1.10. The molecule has 1 saturated carbocycles. The summed E-state index contributed by atoms with van der Waals surface area (Å²) in [5.74, 6) is 0.349. The molecule has 0 saturated heterocycles. The fourth-order valence-corrected chi connectivity index (χ4v) is 3.31. The molecule has 1 N–H and O–H groups in total. The van der Waals surface area contributed by atoms with Crippen molar-refractivity contribution < 1.29 is 9.90 Å². The number of aromatic nitrogens is 2. The number of hydrogen-bond acceptors (Lipinski definition) is 4. The predicted molar refractivity (Wildman–Crippen MR) is 75.9 cm³/mol. The van der Waals surface area contributed by atoms with Gasteiger partial charge in [0.2, 0.25) is 0 Å². The molecule has 0 bridgehead atoms. The first-order chi connectivity index (χ1) is 9.02. The molecule has 1 heterocycles. The number of carboxylic acids is 1. The van der Waals surface area contributed by atoms with Gasteiger partial charge in [-0.3, -0.25) is 0 Å². The maximum atomic E-state index is 11.4. The van der Waals surface area contributed by atoms with Gasteiger partial charge >= 0.3 is 5.97 Å². The second kappa shape index (κ2) is 5.90. The van der Waals surface area contributed by atoms with Gasteiger partial charge in [0.25, 0.3) is 0 Å². The first-order valence-electron chi connectivity index (χ1n) is 6.81. The van der Waals surface area contributed by atoms with Gasteiger partial charge in [-0.05, 0) is 26.2 Å². The first kappa shape index (κ1) is 14.3. The van der Waals surface area contributed by atoms with Crippen LogP contribution < -0.4 is 0 Å². The van der Waals surface area contributed by atoms with Gasteiger partial charge in [0.05, 0.1) is 5.69 Å². The van der Waals surface area contributed by atoms with Crippen LogP contribution in [0.2, 0.25) is 0 Å². The lowest BCUT2D eigenvalue weighted by Gasteiger charge is -2.13. The number of thioether (sulfide) groups is 1.